The predicted molar refractivity (Wildman–Crippen MR) is 277 cm³/mol. The average Bonchev–Trinajstić information content (AvgIpc) is 3.63. The molecule has 0 aliphatic heterocycles. The number of Topliss-reactive ketones (excluding diaryl/α,β-unsaturated/α-hetero) is 2. The lowest BCUT2D eigenvalue weighted by Gasteiger charge is -2.61. The van der Waals surface area contributed by atoms with Gasteiger partial charge in [0.1, 0.15) is 11.6 Å². The number of hydrogen-bond donors (Lipinski definition) is 1. The highest BCUT2D eigenvalue weighted by Gasteiger charge is 2.64. The van der Waals surface area contributed by atoms with E-state index >= 15 is 0 Å². The van der Waals surface area contributed by atoms with Gasteiger partial charge in [-0.25, -0.2) is 0 Å². The second-order valence-electron chi connectivity index (χ2n) is 23.7. The molecule has 0 bridgehead atoms. The largest absolute Gasteiger partial charge is 0.392 e. The number of allylic oxidation sites excluding steroid dienone is 3. The van der Waals surface area contributed by atoms with Crippen LogP contribution in [0.2, 0.25) is 0 Å². The summed E-state index contributed by atoms with van der Waals surface area (Å²) in [5.74, 6) is 3.64. The van der Waals surface area contributed by atoms with Crippen LogP contribution in [0.25, 0.3) is 0 Å². The fraction of sp³-hybridized carbons (Fsp3) is 0.902. The first-order valence-electron chi connectivity index (χ1n) is 29.1. The van der Waals surface area contributed by atoms with E-state index in [0.29, 0.717) is 48.2 Å². The molecule has 4 aliphatic carbocycles. The van der Waals surface area contributed by atoms with Crippen molar-refractivity contribution in [2.45, 2.75) is 292 Å². The number of aliphatic hydroxyl groups is 1. The Balaban J connectivity index is 1.35. The molecule has 4 aliphatic rings. The van der Waals surface area contributed by atoms with E-state index in [4.69, 9.17) is 0 Å². The Morgan fingerprint density at radius 1 is 0.625 bits per heavy atom. The van der Waals surface area contributed by atoms with Crippen LogP contribution in [0.1, 0.15) is 286 Å². The summed E-state index contributed by atoms with van der Waals surface area (Å²) in [6.07, 6.45) is 51.5. The van der Waals surface area contributed by atoms with Crippen LogP contribution >= 0.6 is 0 Å². The Morgan fingerprint density at radius 3 is 1.66 bits per heavy atom. The van der Waals surface area contributed by atoms with Gasteiger partial charge in [0.25, 0.3) is 0 Å². The van der Waals surface area contributed by atoms with E-state index < -0.39 is 12.0 Å². The number of carbonyl (C=O) groups is 2. The van der Waals surface area contributed by atoms with Crippen LogP contribution in [0.5, 0.6) is 0 Å². The van der Waals surface area contributed by atoms with E-state index in [0.717, 1.165) is 49.9 Å². The number of aliphatic hydroxyl groups excluding tert-OH is 1. The van der Waals surface area contributed by atoms with Crippen LogP contribution in [0.4, 0.5) is 0 Å². The molecule has 3 nitrogen and oxygen atoms in total. The second kappa shape index (κ2) is 30.3. The van der Waals surface area contributed by atoms with E-state index in [1.807, 2.05) is 0 Å². The summed E-state index contributed by atoms with van der Waals surface area (Å²) in [6, 6.07) is 0. The number of ketones is 2. The van der Waals surface area contributed by atoms with Gasteiger partial charge in [-0.2, -0.15) is 0 Å². The van der Waals surface area contributed by atoms with Gasteiger partial charge in [0.05, 0.1) is 12.0 Å². The van der Waals surface area contributed by atoms with Crippen molar-refractivity contribution in [2.24, 2.45) is 58.2 Å². The summed E-state index contributed by atoms with van der Waals surface area (Å²) in [7, 11) is 0. The maximum Gasteiger partial charge on any atom is 0.139 e. The van der Waals surface area contributed by atoms with Gasteiger partial charge in [-0.1, -0.05) is 220 Å². The monoisotopic (exact) mass is 889 g/mol. The molecule has 3 fully saturated rings. The molecule has 370 valence electrons. The predicted octanol–water partition coefficient (Wildman–Crippen LogP) is 18.5. The Kier molecular flexibility index (Phi) is 26.2. The van der Waals surface area contributed by atoms with Crippen molar-refractivity contribution in [1.29, 1.82) is 0 Å². The highest BCUT2D eigenvalue weighted by Crippen LogP contribution is 2.69. The first-order valence-corrected chi connectivity index (χ1v) is 29.1. The van der Waals surface area contributed by atoms with E-state index in [1.165, 1.54) is 192 Å². The van der Waals surface area contributed by atoms with Crippen LogP contribution in [0.15, 0.2) is 23.8 Å². The lowest BCUT2D eigenvalue weighted by molar-refractivity contribution is -0.154. The van der Waals surface area contributed by atoms with Crippen LogP contribution in [-0.4, -0.2) is 22.8 Å². The summed E-state index contributed by atoms with van der Waals surface area (Å²) in [4.78, 5) is 29.6. The van der Waals surface area contributed by atoms with Gasteiger partial charge in [0.15, 0.2) is 0 Å². The van der Waals surface area contributed by atoms with Gasteiger partial charge in [0.2, 0.25) is 0 Å². The SMILES string of the molecule is CCCCCCCCC=CCCCCCCCC(=O)C1C(O)CC2=CC[C@H]3[C@@H]4CC[C@H]([C@H](C)CCCC(C)C)[C@@]4(C)CC[C@@H]3[C@@]2(C)C1C(=O)CCCCCCCCCCCCCCC. The van der Waals surface area contributed by atoms with Crippen molar-refractivity contribution < 1.29 is 14.7 Å². The summed E-state index contributed by atoms with van der Waals surface area (Å²) < 4.78 is 0. The zero-order valence-electron chi connectivity index (χ0n) is 43.9. The summed E-state index contributed by atoms with van der Waals surface area (Å²) in [6.45, 7) is 17.0. The van der Waals surface area contributed by atoms with E-state index in [2.05, 4.69) is 66.7 Å². The third kappa shape index (κ3) is 16.5. The van der Waals surface area contributed by atoms with Gasteiger partial charge >= 0.3 is 0 Å². The normalized spacial score (nSPS) is 29.5. The molecule has 64 heavy (non-hydrogen) atoms. The minimum absolute atomic E-state index is 0.188. The fourth-order valence-corrected chi connectivity index (χ4v) is 14.7. The van der Waals surface area contributed by atoms with Gasteiger partial charge in [-0.15, -0.1) is 0 Å². The molecule has 0 amide bonds. The first-order chi connectivity index (χ1) is 31.0. The molecule has 0 radical (unpaired) electrons. The van der Waals surface area contributed by atoms with Crippen molar-refractivity contribution >= 4 is 11.6 Å². The molecule has 10 atom stereocenters. The van der Waals surface area contributed by atoms with Gasteiger partial charge in [-0.3, -0.25) is 9.59 Å². The quantitative estimate of drug-likeness (QED) is 0.0504. The Labute approximate surface area is 398 Å². The molecule has 3 heteroatoms. The molecule has 0 heterocycles. The van der Waals surface area contributed by atoms with Crippen molar-refractivity contribution in [2.75, 3.05) is 0 Å². The number of carbonyl (C=O) groups excluding carboxylic acids is 2. The number of fused-ring (bicyclic) bond motifs is 5. The van der Waals surface area contributed by atoms with Crippen molar-refractivity contribution in [1.82, 2.24) is 0 Å². The van der Waals surface area contributed by atoms with Gasteiger partial charge < -0.3 is 5.11 Å². The molecule has 0 spiro atoms. The van der Waals surface area contributed by atoms with Gasteiger partial charge in [-0.05, 0) is 118 Å². The maximum atomic E-state index is 15.0. The molecule has 3 unspecified atom stereocenters. The number of hydrogen-bond acceptors (Lipinski definition) is 3. The molecule has 0 saturated heterocycles. The molecular formula is C61H108O3. The Morgan fingerprint density at radius 2 is 1.12 bits per heavy atom. The maximum absolute atomic E-state index is 15.0. The third-order valence-corrected chi connectivity index (χ3v) is 18.5. The van der Waals surface area contributed by atoms with Crippen LogP contribution in [0, 0.1) is 58.2 Å². The molecule has 0 aromatic carbocycles. The summed E-state index contributed by atoms with van der Waals surface area (Å²) in [5, 5.41) is 12.0. The van der Waals surface area contributed by atoms with Crippen molar-refractivity contribution in [3.05, 3.63) is 23.8 Å². The minimum atomic E-state index is -0.733. The highest BCUT2D eigenvalue weighted by molar-refractivity contribution is 5.91. The van der Waals surface area contributed by atoms with E-state index in [9.17, 15) is 14.7 Å². The minimum Gasteiger partial charge on any atom is -0.392 e. The highest BCUT2D eigenvalue weighted by atomic mass is 16.3. The topological polar surface area (TPSA) is 54.4 Å². The lowest BCUT2D eigenvalue weighted by atomic mass is 9.42. The standard InChI is InChI=1S/C61H108O3/c1-8-10-12-14-16-18-20-22-23-25-26-28-30-32-34-39-55(62)58-57(64)47-50-41-42-51-53-44-43-52(49(5)38-36-37-48(3)4)60(53,6)46-45-54(51)61(50,7)59(58)56(63)40-35-33-31-29-27-24-21-19-17-15-13-11-9-2/h22-23,41,48-49,51-54,57-59,64H,8-21,24-40,42-47H2,1-7H3/t49-,51+,52-,53+,54+,57?,58?,59?,60-,61+/m1/s1. The Hall–Kier alpha value is -1.22. The van der Waals surface area contributed by atoms with Crippen LogP contribution < -0.4 is 0 Å². The van der Waals surface area contributed by atoms with Crippen molar-refractivity contribution in [3.8, 4) is 0 Å². The zero-order valence-corrected chi connectivity index (χ0v) is 43.9. The van der Waals surface area contributed by atoms with E-state index in [1.54, 1.807) is 0 Å². The molecule has 4 rings (SSSR count). The molecule has 1 N–H and O–H groups in total. The smallest absolute Gasteiger partial charge is 0.139 e. The summed E-state index contributed by atoms with van der Waals surface area (Å²) in [5.41, 5.74) is 1.39. The third-order valence-electron chi connectivity index (χ3n) is 18.5. The van der Waals surface area contributed by atoms with Crippen LogP contribution in [0.3, 0.4) is 0 Å². The summed E-state index contributed by atoms with van der Waals surface area (Å²) >= 11 is 0. The lowest BCUT2D eigenvalue weighted by Crippen LogP contribution is -2.59. The van der Waals surface area contributed by atoms with Gasteiger partial charge in [0, 0.05) is 24.2 Å². The second-order valence-corrected chi connectivity index (χ2v) is 23.7. The average molecular weight is 890 g/mol. The van der Waals surface area contributed by atoms with Crippen molar-refractivity contribution in [3.63, 3.8) is 0 Å². The first kappa shape index (κ1) is 55.4. The van der Waals surface area contributed by atoms with E-state index in [-0.39, 0.29) is 17.1 Å². The molecule has 0 aromatic heterocycles. The fourth-order valence-electron chi connectivity index (χ4n) is 14.7. The zero-order chi connectivity index (χ0) is 46.2. The molecule has 0 aromatic rings. The Bertz CT molecular complexity index is 1340. The molecule has 3 saturated carbocycles. The van der Waals surface area contributed by atoms with Crippen LogP contribution in [-0.2, 0) is 9.59 Å². The molecular weight excluding hydrogens is 781 g/mol. The number of rotatable bonds is 36. The number of unbranched alkanes of at least 4 members (excludes halogenated alkanes) is 23.